The van der Waals surface area contributed by atoms with Crippen molar-refractivity contribution in [1.82, 2.24) is 15.1 Å². The SMILES string of the molecule is CC1(c2noc(Cc3csc(N)n3)n2)CCCCO1. The van der Waals surface area contributed by atoms with E-state index in [9.17, 15) is 0 Å². The summed E-state index contributed by atoms with van der Waals surface area (Å²) in [7, 11) is 0. The molecule has 0 saturated carbocycles. The van der Waals surface area contributed by atoms with Crippen molar-refractivity contribution in [1.29, 1.82) is 0 Å². The Morgan fingerprint density at radius 2 is 2.32 bits per heavy atom. The summed E-state index contributed by atoms with van der Waals surface area (Å²) in [5.74, 6) is 1.18. The van der Waals surface area contributed by atoms with Gasteiger partial charge in [-0.05, 0) is 26.2 Å². The normalized spacial score (nSPS) is 23.6. The zero-order chi connectivity index (χ0) is 13.3. The van der Waals surface area contributed by atoms with Crippen molar-refractivity contribution in [2.24, 2.45) is 0 Å². The van der Waals surface area contributed by atoms with E-state index in [1.54, 1.807) is 0 Å². The number of nitrogen functional groups attached to an aromatic ring is 1. The molecule has 0 bridgehead atoms. The summed E-state index contributed by atoms with van der Waals surface area (Å²) in [5.41, 5.74) is 6.03. The van der Waals surface area contributed by atoms with E-state index in [0.717, 1.165) is 31.6 Å². The summed E-state index contributed by atoms with van der Waals surface area (Å²) in [6.45, 7) is 2.77. The van der Waals surface area contributed by atoms with Crippen LogP contribution in [-0.4, -0.2) is 21.7 Å². The van der Waals surface area contributed by atoms with Gasteiger partial charge in [0, 0.05) is 12.0 Å². The number of hydrogen-bond donors (Lipinski definition) is 1. The van der Waals surface area contributed by atoms with Gasteiger partial charge in [0.25, 0.3) is 0 Å². The molecule has 2 N–H and O–H groups in total. The van der Waals surface area contributed by atoms with Crippen LogP contribution >= 0.6 is 11.3 Å². The lowest BCUT2D eigenvalue weighted by Gasteiger charge is -2.30. The van der Waals surface area contributed by atoms with Crippen molar-refractivity contribution in [2.75, 3.05) is 12.3 Å². The van der Waals surface area contributed by atoms with Crippen LogP contribution in [0.15, 0.2) is 9.90 Å². The Labute approximate surface area is 115 Å². The molecule has 1 saturated heterocycles. The van der Waals surface area contributed by atoms with E-state index in [4.69, 9.17) is 15.0 Å². The highest BCUT2D eigenvalue weighted by atomic mass is 32.1. The highest BCUT2D eigenvalue weighted by molar-refractivity contribution is 7.13. The van der Waals surface area contributed by atoms with Gasteiger partial charge in [0.1, 0.15) is 5.60 Å². The summed E-state index contributed by atoms with van der Waals surface area (Å²) in [5, 5.41) is 6.50. The average Bonchev–Trinajstić information content (AvgIpc) is 3.01. The first kappa shape index (κ1) is 12.6. The molecule has 1 aliphatic rings. The van der Waals surface area contributed by atoms with Crippen LogP contribution in [0, 0.1) is 0 Å². The molecule has 102 valence electrons. The molecule has 0 aromatic carbocycles. The predicted octanol–water partition coefficient (Wildman–Crippen LogP) is 2.11. The van der Waals surface area contributed by atoms with Crippen molar-refractivity contribution in [3.05, 3.63) is 22.8 Å². The number of rotatable bonds is 3. The Balaban J connectivity index is 1.75. The van der Waals surface area contributed by atoms with Gasteiger partial charge in [-0.25, -0.2) is 4.98 Å². The van der Waals surface area contributed by atoms with Gasteiger partial charge in [0.2, 0.25) is 11.7 Å². The first-order valence-electron chi connectivity index (χ1n) is 6.33. The van der Waals surface area contributed by atoms with Crippen molar-refractivity contribution in [3.8, 4) is 0 Å². The molecule has 0 radical (unpaired) electrons. The Morgan fingerprint density at radius 3 is 3.00 bits per heavy atom. The van der Waals surface area contributed by atoms with E-state index in [0.29, 0.717) is 23.3 Å². The summed E-state index contributed by atoms with van der Waals surface area (Å²) < 4.78 is 11.1. The Hall–Kier alpha value is -1.47. The van der Waals surface area contributed by atoms with Gasteiger partial charge in [-0.2, -0.15) is 4.98 Å². The molecule has 0 spiro atoms. The second kappa shape index (κ2) is 4.90. The highest BCUT2D eigenvalue weighted by Gasteiger charge is 2.34. The smallest absolute Gasteiger partial charge is 0.232 e. The number of thiazole rings is 1. The third-order valence-corrected chi connectivity index (χ3v) is 4.03. The topological polar surface area (TPSA) is 87.1 Å². The van der Waals surface area contributed by atoms with Gasteiger partial charge < -0.3 is 15.0 Å². The van der Waals surface area contributed by atoms with Crippen LogP contribution in [0.5, 0.6) is 0 Å². The molecule has 19 heavy (non-hydrogen) atoms. The molecule has 1 atom stereocenters. The van der Waals surface area contributed by atoms with Crippen LogP contribution in [0.1, 0.15) is 43.6 Å². The molecule has 1 fully saturated rings. The maximum Gasteiger partial charge on any atom is 0.232 e. The van der Waals surface area contributed by atoms with Crippen LogP contribution in [-0.2, 0) is 16.8 Å². The lowest BCUT2D eigenvalue weighted by atomic mass is 9.95. The Kier molecular flexibility index (Phi) is 3.24. The fourth-order valence-corrected chi connectivity index (χ4v) is 2.77. The lowest BCUT2D eigenvalue weighted by molar-refractivity contribution is -0.0770. The summed E-state index contributed by atoms with van der Waals surface area (Å²) in [6.07, 6.45) is 3.66. The van der Waals surface area contributed by atoms with Crippen LogP contribution < -0.4 is 5.73 Å². The number of hydrogen-bond acceptors (Lipinski definition) is 7. The predicted molar refractivity (Wildman–Crippen MR) is 70.8 cm³/mol. The van der Waals surface area contributed by atoms with Gasteiger partial charge in [0.05, 0.1) is 12.1 Å². The average molecular weight is 280 g/mol. The molecule has 2 aromatic heterocycles. The van der Waals surface area contributed by atoms with Crippen LogP contribution in [0.4, 0.5) is 5.13 Å². The van der Waals surface area contributed by atoms with Gasteiger partial charge in [0.15, 0.2) is 5.13 Å². The quantitative estimate of drug-likeness (QED) is 0.926. The molecule has 1 unspecified atom stereocenters. The molecule has 2 aromatic rings. The van der Waals surface area contributed by atoms with E-state index in [-0.39, 0.29) is 0 Å². The molecule has 3 rings (SSSR count). The molecule has 7 heteroatoms. The van der Waals surface area contributed by atoms with Crippen LogP contribution in [0.25, 0.3) is 0 Å². The Bertz CT molecular complexity index is 560. The molecule has 0 amide bonds. The molecule has 1 aliphatic heterocycles. The molecule has 6 nitrogen and oxygen atoms in total. The van der Waals surface area contributed by atoms with Crippen molar-refractivity contribution in [3.63, 3.8) is 0 Å². The summed E-state index contributed by atoms with van der Waals surface area (Å²) in [6, 6.07) is 0. The minimum Gasteiger partial charge on any atom is -0.375 e. The van der Waals surface area contributed by atoms with Crippen LogP contribution in [0.2, 0.25) is 0 Å². The van der Waals surface area contributed by atoms with Gasteiger partial charge in [-0.1, -0.05) is 5.16 Å². The number of aromatic nitrogens is 3. The van der Waals surface area contributed by atoms with E-state index >= 15 is 0 Å². The van der Waals surface area contributed by atoms with Crippen molar-refractivity contribution < 1.29 is 9.26 Å². The van der Waals surface area contributed by atoms with E-state index in [2.05, 4.69) is 15.1 Å². The second-order valence-corrected chi connectivity index (χ2v) is 5.79. The largest absolute Gasteiger partial charge is 0.375 e. The van der Waals surface area contributed by atoms with Gasteiger partial charge in [-0.15, -0.1) is 11.3 Å². The zero-order valence-corrected chi connectivity index (χ0v) is 11.6. The van der Waals surface area contributed by atoms with E-state index in [1.165, 1.54) is 11.3 Å². The Morgan fingerprint density at radius 1 is 1.42 bits per heavy atom. The van der Waals surface area contributed by atoms with Gasteiger partial charge in [-0.3, -0.25) is 0 Å². The van der Waals surface area contributed by atoms with Crippen LogP contribution in [0.3, 0.4) is 0 Å². The van der Waals surface area contributed by atoms with Gasteiger partial charge >= 0.3 is 0 Å². The minimum atomic E-state index is -0.416. The summed E-state index contributed by atoms with van der Waals surface area (Å²) in [4.78, 5) is 8.61. The maximum absolute atomic E-state index is 5.80. The standard InChI is InChI=1S/C12H16N4O2S/c1-12(4-2-3-5-17-12)10-15-9(18-16-10)6-8-7-19-11(13)14-8/h7H,2-6H2,1H3,(H2,13,14). The lowest BCUT2D eigenvalue weighted by Crippen LogP contribution is -2.31. The first-order valence-corrected chi connectivity index (χ1v) is 7.21. The second-order valence-electron chi connectivity index (χ2n) is 4.90. The number of nitrogens with zero attached hydrogens (tertiary/aromatic N) is 3. The third-order valence-electron chi connectivity index (χ3n) is 3.31. The molecular formula is C12H16N4O2S. The molecule has 0 aliphatic carbocycles. The fraction of sp³-hybridized carbons (Fsp3) is 0.583. The van der Waals surface area contributed by atoms with E-state index < -0.39 is 5.60 Å². The molecular weight excluding hydrogens is 264 g/mol. The minimum absolute atomic E-state index is 0.416. The third kappa shape index (κ3) is 2.62. The van der Waals surface area contributed by atoms with Crippen molar-refractivity contribution >= 4 is 16.5 Å². The molecule has 3 heterocycles. The first-order chi connectivity index (χ1) is 9.16. The fourth-order valence-electron chi connectivity index (χ4n) is 2.21. The zero-order valence-electron chi connectivity index (χ0n) is 10.8. The highest BCUT2D eigenvalue weighted by Crippen LogP contribution is 2.32. The number of anilines is 1. The van der Waals surface area contributed by atoms with E-state index in [1.807, 2.05) is 12.3 Å². The number of nitrogens with two attached hydrogens (primary N) is 1. The van der Waals surface area contributed by atoms with Crippen molar-refractivity contribution in [2.45, 2.75) is 38.2 Å². The summed E-state index contributed by atoms with van der Waals surface area (Å²) >= 11 is 1.41. The monoisotopic (exact) mass is 280 g/mol. The number of ether oxygens (including phenoxy) is 1. The maximum atomic E-state index is 5.80.